The van der Waals surface area contributed by atoms with Crippen molar-refractivity contribution in [2.75, 3.05) is 36.7 Å². The minimum atomic E-state index is -3.85. The first-order valence-electron chi connectivity index (χ1n) is 10.1. The van der Waals surface area contributed by atoms with Gasteiger partial charge >= 0.3 is 0 Å². The smallest absolute Gasteiger partial charge is 0.246 e. The Morgan fingerprint density at radius 2 is 1.63 bits per heavy atom. The van der Waals surface area contributed by atoms with Crippen molar-refractivity contribution in [3.8, 4) is 0 Å². The highest BCUT2D eigenvalue weighted by Gasteiger charge is 2.36. The molecule has 1 aliphatic heterocycles. The quantitative estimate of drug-likeness (QED) is 0.674. The molecule has 8 heteroatoms. The molecule has 3 rings (SSSR count). The van der Waals surface area contributed by atoms with Crippen molar-refractivity contribution >= 4 is 21.6 Å². The van der Waals surface area contributed by atoms with Gasteiger partial charge in [-0.25, -0.2) is 12.8 Å². The molecular formula is C22H28FN3O3S. The topological polar surface area (TPSA) is 60.9 Å². The number of nitrogens with zero attached hydrogens (tertiary/aromatic N) is 3. The summed E-state index contributed by atoms with van der Waals surface area (Å²) in [5.74, 6) is -0.951. The van der Waals surface area contributed by atoms with Crippen molar-refractivity contribution in [1.82, 2.24) is 9.80 Å². The number of benzene rings is 2. The van der Waals surface area contributed by atoms with Gasteiger partial charge in [0.2, 0.25) is 15.9 Å². The molecule has 162 valence electrons. The van der Waals surface area contributed by atoms with Crippen LogP contribution in [0, 0.1) is 5.82 Å². The molecule has 1 aliphatic rings. The number of piperazine rings is 1. The lowest BCUT2D eigenvalue weighted by Gasteiger charge is -2.39. The van der Waals surface area contributed by atoms with E-state index >= 15 is 0 Å². The van der Waals surface area contributed by atoms with Gasteiger partial charge in [0.05, 0.1) is 11.9 Å². The van der Waals surface area contributed by atoms with Crippen molar-refractivity contribution < 1.29 is 17.6 Å². The van der Waals surface area contributed by atoms with Crippen LogP contribution in [-0.4, -0.2) is 62.6 Å². The summed E-state index contributed by atoms with van der Waals surface area (Å²) in [5, 5.41) is 0. The summed E-state index contributed by atoms with van der Waals surface area (Å²) in [4.78, 5) is 17.2. The monoisotopic (exact) mass is 433 g/mol. The molecule has 0 radical (unpaired) electrons. The van der Waals surface area contributed by atoms with Crippen LogP contribution in [0.3, 0.4) is 0 Å². The Kier molecular flexibility index (Phi) is 7.10. The number of anilines is 1. The fraction of sp³-hybridized carbons (Fsp3) is 0.409. The van der Waals surface area contributed by atoms with E-state index in [4.69, 9.17) is 0 Å². The zero-order chi connectivity index (χ0) is 21.7. The van der Waals surface area contributed by atoms with E-state index in [9.17, 15) is 17.6 Å². The maximum Gasteiger partial charge on any atom is 0.246 e. The number of carbonyl (C=O) groups is 1. The van der Waals surface area contributed by atoms with Crippen molar-refractivity contribution in [1.29, 1.82) is 0 Å². The third-order valence-electron chi connectivity index (χ3n) is 5.33. The summed E-state index contributed by atoms with van der Waals surface area (Å²) in [6.45, 7) is 4.98. The summed E-state index contributed by atoms with van der Waals surface area (Å²) in [7, 11) is -3.85. The molecule has 1 fully saturated rings. The van der Waals surface area contributed by atoms with Crippen molar-refractivity contribution in [2.24, 2.45) is 0 Å². The number of hydrogen-bond donors (Lipinski definition) is 0. The Bertz CT molecular complexity index is 961. The summed E-state index contributed by atoms with van der Waals surface area (Å²) in [5.41, 5.74) is 1.12. The van der Waals surface area contributed by atoms with Gasteiger partial charge in [0.25, 0.3) is 0 Å². The Morgan fingerprint density at radius 3 is 2.20 bits per heavy atom. The second-order valence-corrected chi connectivity index (χ2v) is 9.38. The molecule has 6 nitrogen and oxygen atoms in total. The zero-order valence-corrected chi connectivity index (χ0v) is 18.2. The summed E-state index contributed by atoms with van der Waals surface area (Å²) in [6.07, 6.45) is 1.26. The fourth-order valence-corrected chi connectivity index (χ4v) is 5.03. The summed E-state index contributed by atoms with van der Waals surface area (Å²) in [6, 6.07) is 14.8. The SMILES string of the molecule is CC[C@@H](C(=O)N1CCN(Cc2ccccc2)CC1)N(c1ccccc1F)S(C)(=O)=O. The van der Waals surface area contributed by atoms with E-state index in [2.05, 4.69) is 17.0 Å². The molecule has 0 aliphatic carbocycles. The normalized spacial score (nSPS) is 16.3. The summed E-state index contributed by atoms with van der Waals surface area (Å²) >= 11 is 0. The van der Waals surface area contributed by atoms with Gasteiger partial charge < -0.3 is 4.90 Å². The minimum absolute atomic E-state index is 0.0945. The number of rotatable bonds is 7. The van der Waals surface area contributed by atoms with Crippen LogP contribution in [0.25, 0.3) is 0 Å². The van der Waals surface area contributed by atoms with Crippen molar-refractivity contribution in [2.45, 2.75) is 25.9 Å². The van der Waals surface area contributed by atoms with Gasteiger partial charge in [0.15, 0.2) is 0 Å². The first-order chi connectivity index (χ1) is 14.3. The molecule has 1 heterocycles. The maximum absolute atomic E-state index is 14.4. The van der Waals surface area contributed by atoms with E-state index in [0.29, 0.717) is 26.2 Å². The number of hydrogen-bond acceptors (Lipinski definition) is 4. The second-order valence-electron chi connectivity index (χ2n) is 7.52. The van der Waals surface area contributed by atoms with Gasteiger partial charge in [0.1, 0.15) is 11.9 Å². The zero-order valence-electron chi connectivity index (χ0n) is 17.4. The molecule has 0 bridgehead atoms. The number of para-hydroxylation sites is 1. The predicted octanol–water partition coefficient (Wildman–Crippen LogP) is 2.71. The van der Waals surface area contributed by atoms with E-state index in [0.717, 1.165) is 17.1 Å². The third kappa shape index (κ3) is 5.17. The molecular weight excluding hydrogens is 405 g/mol. The summed E-state index contributed by atoms with van der Waals surface area (Å²) < 4.78 is 40.3. The van der Waals surface area contributed by atoms with Crippen LogP contribution in [-0.2, 0) is 21.4 Å². The molecule has 2 aromatic rings. The Morgan fingerprint density at radius 1 is 1.03 bits per heavy atom. The molecule has 0 aromatic heterocycles. The lowest BCUT2D eigenvalue weighted by molar-refractivity contribution is -0.134. The Hall–Kier alpha value is -2.45. The van der Waals surface area contributed by atoms with Crippen LogP contribution in [0.2, 0.25) is 0 Å². The molecule has 2 aromatic carbocycles. The minimum Gasteiger partial charge on any atom is -0.338 e. The highest BCUT2D eigenvalue weighted by Crippen LogP contribution is 2.26. The van der Waals surface area contributed by atoms with E-state index in [1.54, 1.807) is 17.9 Å². The van der Waals surface area contributed by atoms with Gasteiger partial charge in [-0.3, -0.25) is 14.0 Å². The average molecular weight is 434 g/mol. The highest BCUT2D eigenvalue weighted by atomic mass is 32.2. The van der Waals surface area contributed by atoms with Gasteiger partial charge in [-0.15, -0.1) is 0 Å². The predicted molar refractivity (Wildman–Crippen MR) is 116 cm³/mol. The van der Waals surface area contributed by atoms with E-state index in [1.165, 1.54) is 23.8 Å². The number of sulfonamides is 1. The van der Waals surface area contributed by atoms with Crippen molar-refractivity contribution in [3.05, 3.63) is 66.0 Å². The fourth-order valence-electron chi connectivity index (χ4n) is 3.83. The molecule has 0 saturated carbocycles. The number of amides is 1. The lowest BCUT2D eigenvalue weighted by Crippen LogP contribution is -2.55. The van der Waals surface area contributed by atoms with E-state index < -0.39 is 21.9 Å². The van der Waals surface area contributed by atoms with Crippen LogP contribution in [0.4, 0.5) is 10.1 Å². The molecule has 1 saturated heterocycles. The number of carbonyl (C=O) groups excluding carboxylic acids is 1. The van der Waals surface area contributed by atoms with Gasteiger partial charge in [-0.2, -0.15) is 0 Å². The first kappa shape index (κ1) is 22.2. The van der Waals surface area contributed by atoms with Gasteiger partial charge in [-0.05, 0) is 24.1 Å². The van der Waals surface area contributed by atoms with E-state index in [-0.39, 0.29) is 18.0 Å². The van der Waals surface area contributed by atoms with Crippen LogP contribution >= 0.6 is 0 Å². The Balaban J connectivity index is 1.73. The molecule has 1 amide bonds. The van der Waals surface area contributed by atoms with Crippen LogP contribution < -0.4 is 4.31 Å². The largest absolute Gasteiger partial charge is 0.338 e. The Labute approximate surface area is 177 Å². The molecule has 30 heavy (non-hydrogen) atoms. The van der Waals surface area contributed by atoms with E-state index in [1.807, 2.05) is 18.2 Å². The highest BCUT2D eigenvalue weighted by molar-refractivity contribution is 7.92. The molecule has 0 spiro atoms. The molecule has 1 atom stereocenters. The third-order valence-corrected chi connectivity index (χ3v) is 6.50. The molecule has 0 unspecified atom stereocenters. The van der Waals surface area contributed by atoms with Gasteiger partial charge in [0, 0.05) is 32.7 Å². The molecule has 0 N–H and O–H groups in total. The second kappa shape index (κ2) is 9.57. The average Bonchev–Trinajstić information content (AvgIpc) is 2.73. The van der Waals surface area contributed by atoms with Crippen LogP contribution in [0.15, 0.2) is 54.6 Å². The standard InChI is InChI=1S/C22H28FN3O3S/c1-3-20(26(30(2,28)29)21-12-8-7-11-19(21)23)22(27)25-15-13-24(14-16-25)17-18-9-5-4-6-10-18/h4-12,20H,3,13-17H2,1-2H3/t20-/m0/s1. The lowest BCUT2D eigenvalue weighted by atomic mass is 10.1. The van der Waals surface area contributed by atoms with Gasteiger partial charge in [-0.1, -0.05) is 49.4 Å². The van der Waals surface area contributed by atoms with Crippen molar-refractivity contribution in [3.63, 3.8) is 0 Å². The first-order valence-corrected chi connectivity index (χ1v) is 11.9. The number of halogens is 1. The maximum atomic E-state index is 14.4. The van der Waals surface area contributed by atoms with Crippen LogP contribution in [0.1, 0.15) is 18.9 Å². The van der Waals surface area contributed by atoms with Crippen LogP contribution in [0.5, 0.6) is 0 Å².